The lowest BCUT2D eigenvalue weighted by Gasteiger charge is -2.38. The smallest absolute Gasteiger partial charge is 0.293 e. The van der Waals surface area contributed by atoms with Gasteiger partial charge in [0, 0.05) is 74.5 Å². The summed E-state index contributed by atoms with van der Waals surface area (Å²) in [5.74, 6) is -0.264. The molecule has 15 nitrogen and oxygen atoms in total. The fourth-order valence-corrected chi connectivity index (χ4v) is 10.4. The van der Waals surface area contributed by atoms with Crippen LogP contribution in [0.5, 0.6) is 11.5 Å². The summed E-state index contributed by atoms with van der Waals surface area (Å²) < 4.78 is 41.3. The zero-order valence-electron chi connectivity index (χ0n) is 36.6. The Morgan fingerprint density at radius 2 is 1.69 bits per heavy atom. The van der Waals surface area contributed by atoms with Gasteiger partial charge in [0.2, 0.25) is 0 Å². The van der Waals surface area contributed by atoms with Crippen LogP contribution in [-0.4, -0.2) is 93.6 Å². The Morgan fingerprint density at radius 3 is 2.46 bits per heavy atom. The monoisotopic (exact) mass is 898 g/mol. The molecule has 16 heteroatoms. The number of nitro benzene ring substituents is 1. The topological polar surface area (TPSA) is 175 Å². The molecule has 0 bridgehead atoms. The molecule has 6 aromatic rings. The van der Waals surface area contributed by atoms with E-state index < -0.39 is 31.4 Å². The van der Waals surface area contributed by atoms with Crippen molar-refractivity contribution in [2.75, 3.05) is 68.6 Å². The summed E-state index contributed by atoms with van der Waals surface area (Å²) >= 11 is 0. The van der Waals surface area contributed by atoms with Crippen molar-refractivity contribution < 1.29 is 27.6 Å². The van der Waals surface area contributed by atoms with Gasteiger partial charge in [0.15, 0.2) is 0 Å². The standard InChI is InChI=1S/C49H54N8O7S/c1-54(2)37-18-24-55(25-19-37)44-7-4-3-6-41(44)45-8-5-23-56(45)38-12-9-34(10-13-38)35-11-15-42(47(29-35)64-39-28-36-17-22-50-48(36)52-32-39)49(58)53-65(61,62)40-14-16-43(46(30-40)57(59)60)51-31-33-20-26-63-27-21-33/h3-4,6-7,9-17,22,28-30,32-33,37,45,51H,5,8,18-21,23-27,31H2,1-2H3,(H,50,52)(H,53,58). The molecule has 1 amide bonds. The number of pyridine rings is 1. The maximum Gasteiger partial charge on any atom is 0.293 e. The van der Waals surface area contributed by atoms with E-state index in [4.69, 9.17) is 9.47 Å². The number of carbonyl (C=O) groups is 1. The van der Waals surface area contributed by atoms with Crippen LogP contribution in [0.1, 0.15) is 60.5 Å². The van der Waals surface area contributed by atoms with E-state index in [9.17, 15) is 23.3 Å². The number of para-hydroxylation sites is 1. The zero-order chi connectivity index (χ0) is 45.1. The number of hydrogen-bond donors (Lipinski definition) is 3. The third-order valence-corrected chi connectivity index (χ3v) is 14.4. The maximum absolute atomic E-state index is 14.0. The molecule has 5 heterocycles. The first-order valence-corrected chi connectivity index (χ1v) is 23.8. The highest BCUT2D eigenvalue weighted by atomic mass is 32.2. The first-order chi connectivity index (χ1) is 31.5. The van der Waals surface area contributed by atoms with E-state index in [1.165, 1.54) is 35.6 Å². The molecule has 1 unspecified atom stereocenters. The van der Waals surface area contributed by atoms with Crippen LogP contribution in [0.15, 0.2) is 114 Å². The Bertz CT molecular complexity index is 2780. The number of carbonyl (C=O) groups excluding carboxylic acids is 1. The number of nitrogens with zero attached hydrogens (tertiary/aromatic N) is 5. The molecule has 65 heavy (non-hydrogen) atoms. The Balaban J connectivity index is 0.962. The van der Waals surface area contributed by atoms with Gasteiger partial charge in [0.25, 0.3) is 21.6 Å². The van der Waals surface area contributed by atoms with Crippen molar-refractivity contribution in [1.29, 1.82) is 0 Å². The first kappa shape index (κ1) is 43.7. The molecule has 3 fully saturated rings. The molecule has 4 aromatic carbocycles. The quantitative estimate of drug-likeness (QED) is 0.0702. The number of rotatable bonds is 14. The van der Waals surface area contributed by atoms with Crippen molar-refractivity contribution in [3.8, 4) is 22.6 Å². The Hall–Kier alpha value is -6.49. The van der Waals surface area contributed by atoms with Gasteiger partial charge in [0.05, 0.1) is 27.6 Å². The second kappa shape index (κ2) is 18.9. The van der Waals surface area contributed by atoms with E-state index >= 15 is 0 Å². The number of hydrogen-bond acceptors (Lipinski definition) is 12. The molecule has 0 saturated carbocycles. The molecule has 3 saturated heterocycles. The van der Waals surface area contributed by atoms with Crippen LogP contribution in [0.2, 0.25) is 0 Å². The van der Waals surface area contributed by atoms with Crippen LogP contribution >= 0.6 is 0 Å². The molecular weight excluding hydrogens is 845 g/mol. The summed E-state index contributed by atoms with van der Waals surface area (Å²) in [6.07, 6.45) is 9.35. The average molecular weight is 899 g/mol. The van der Waals surface area contributed by atoms with Crippen LogP contribution in [0, 0.1) is 16.0 Å². The molecule has 3 aliphatic rings. The highest BCUT2D eigenvalue weighted by molar-refractivity contribution is 7.90. The van der Waals surface area contributed by atoms with E-state index in [1.807, 2.05) is 18.2 Å². The summed E-state index contributed by atoms with van der Waals surface area (Å²) in [6.45, 7) is 4.74. The van der Waals surface area contributed by atoms with E-state index in [0.717, 1.165) is 86.4 Å². The number of benzene rings is 4. The van der Waals surface area contributed by atoms with Crippen molar-refractivity contribution in [1.82, 2.24) is 19.6 Å². The number of ether oxygens (including phenoxy) is 2. The molecule has 2 aromatic heterocycles. The average Bonchev–Trinajstić information content (AvgIpc) is 4.01. The molecule has 3 N–H and O–H groups in total. The van der Waals surface area contributed by atoms with Crippen LogP contribution < -0.4 is 24.6 Å². The minimum Gasteiger partial charge on any atom is -0.455 e. The van der Waals surface area contributed by atoms with Crippen molar-refractivity contribution in [3.05, 3.63) is 131 Å². The van der Waals surface area contributed by atoms with Gasteiger partial charge in [-0.05, 0) is 130 Å². The predicted molar refractivity (Wildman–Crippen MR) is 253 cm³/mol. The van der Waals surface area contributed by atoms with Crippen molar-refractivity contribution in [3.63, 3.8) is 0 Å². The largest absolute Gasteiger partial charge is 0.455 e. The van der Waals surface area contributed by atoms with Gasteiger partial charge in [-0.3, -0.25) is 14.9 Å². The van der Waals surface area contributed by atoms with E-state index in [-0.39, 0.29) is 29.0 Å². The molecule has 3 aliphatic heterocycles. The van der Waals surface area contributed by atoms with Gasteiger partial charge in [-0.15, -0.1) is 0 Å². The Labute approximate surface area is 379 Å². The van der Waals surface area contributed by atoms with Crippen molar-refractivity contribution in [2.24, 2.45) is 5.92 Å². The normalized spacial score (nSPS) is 17.4. The second-order valence-corrected chi connectivity index (χ2v) is 19.0. The first-order valence-electron chi connectivity index (χ1n) is 22.3. The van der Waals surface area contributed by atoms with Crippen molar-refractivity contribution >= 4 is 49.7 Å². The number of fused-ring (bicyclic) bond motifs is 1. The third-order valence-electron chi connectivity index (χ3n) is 13.1. The molecular formula is C49H54N8O7S. The van der Waals surface area contributed by atoms with Crippen molar-refractivity contribution in [2.45, 2.75) is 55.5 Å². The maximum atomic E-state index is 14.0. The van der Waals surface area contributed by atoms with E-state index in [1.54, 1.807) is 24.4 Å². The number of nitro groups is 1. The summed E-state index contributed by atoms with van der Waals surface area (Å²) in [6, 6.07) is 30.2. The van der Waals surface area contributed by atoms with Gasteiger partial charge in [0.1, 0.15) is 22.8 Å². The Morgan fingerprint density at radius 1 is 0.923 bits per heavy atom. The highest BCUT2D eigenvalue weighted by Crippen LogP contribution is 2.42. The molecule has 0 spiro atoms. The number of nitrogens with one attached hydrogen (secondary N) is 3. The minimum atomic E-state index is -4.57. The van der Waals surface area contributed by atoms with Gasteiger partial charge in [-0.2, -0.15) is 0 Å². The number of piperidine rings is 1. The van der Waals surface area contributed by atoms with Crippen LogP contribution in [-0.2, 0) is 14.8 Å². The molecule has 1 atom stereocenters. The zero-order valence-corrected chi connectivity index (χ0v) is 37.4. The minimum absolute atomic E-state index is 0.0585. The highest BCUT2D eigenvalue weighted by Gasteiger charge is 2.31. The molecule has 0 aliphatic carbocycles. The summed E-state index contributed by atoms with van der Waals surface area (Å²) in [4.78, 5) is 39.9. The number of aromatic nitrogens is 2. The lowest BCUT2D eigenvalue weighted by Crippen LogP contribution is -2.42. The van der Waals surface area contributed by atoms with E-state index in [2.05, 4.69) is 85.2 Å². The Kier molecular flexibility index (Phi) is 12.7. The van der Waals surface area contributed by atoms with Crippen LogP contribution in [0.3, 0.4) is 0 Å². The van der Waals surface area contributed by atoms with Gasteiger partial charge in [-0.1, -0.05) is 36.4 Å². The number of amides is 1. The second-order valence-electron chi connectivity index (χ2n) is 17.3. The molecule has 9 rings (SSSR count). The van der Waals surface area contributed by atoms with E-state index in [0.29, 0.717) is 37.2 Å². The lowest BCUT2D eigenvalue weighted by molar-refractivity contribution is -0.384. The third kappa shape index (κ3) is 9.65. The molecule has 0 radical (unpaired) electrons. The number of anilines is 3. The SMILES string of the molecule is CN(C)C1CCN(c2ccccc2C2CCCN2c2ccc(-c3ccc(C(=O)NS(=O)(=O)c4ccc(NCC5CCOCC5)c([N+](=O)[O-])c4)c(Oc4cnc5[nH]ccc5c4)c3)cc2)CC1. The summed E-state index contributed by atoms with van der Waals surface area (Å²) in [7, 11) is -0.230. The van der Waals surface area contributed by atoms with Crippen LogP contribution in [0.25, 0.3) is 22.2 Å². The lowest BCUT2D eigenvalue weighted by atomic mass is 9.97. The van der Waals surface area contributed by atoms with Crippen LogP contribution in [0.4, 0.5) is 22.7 Å². The molecule has 338 valence electrons. The van der Waals surface area contributed by atoms with Gasteiger partial charge in [-0.25, -0.2) is 18.1 Å². The number of aromatic amines is 1. The fourth-order valence-electron chi connectivity index (χ4n) is 9.42. The van der Waals surface area contributed by atoms with Gasteiger partial charge < -0.3 is 34.5 Å². The van der Waals surface area contributed by atoms with Gasteiger partial charge >= 0.3 is 0 Å². The number of sulfonamides is 1. The number of H-pyrrole nitrogens is 1. The fraction of sp³-hybridized carbons (Fsp3) is 0.347. The predicted octanol–water partition coefficient (Wildman–Crippen LogP) is 8.76. The summed E-state index contributed by atoms with van der Waals surface area (Å²) in [5.41, 5.74) is 5.78. The summed E-state index contributed by atoms with van der Waals surface area (Å²) in [5, 5.41) is 16.0.